The van der Waals surface area contributed by atoms with E-state index in [0.29, 0.717) is 13.2 Å². The Hall–Kier alpha value is -0.813. The Morgan fingerprint density at radius 1 is 1.23 bits per heavy atom. The molecular formula is C17H35NO3Si. The van der Waals surface area contributed by atoms with Gasteiger partial charge in [-0.2, -0.15) is 0 Å². The molecule has 0 aromatic heterocycles. The molecule has 0 bridgehead atoms. The van der Waals surface area contributed by atoms with E-state index in [-0.39, 0.29) is 17.2 Å². The lowest BCUT2D eigenvalue weighted by Crippen LogP contribution is -2.48. The van der Waals surface area contributed by atoms with Crippen LogP contribution in [0.5, 0.6) is 0 Å². The van der Waals surface area contributed by atoms with E-state index < -0.39 is 13.9 Å². The van der Waals surface area contributed by atoms with Gasteiger partial charge < -0.3 is 9.16 Å². The Labute approximate surface area is 138 Å². The number of hydrogen-bond donors (Lipinski definition) is 0. The van der Waals surface area contributed by atoms with E-state index in [1.807, 2.05) is 27.7 Å². The summed E-state index contributed by atoms with van der Waals surface area (Å²) in [4.78, 5) is 14.0. The highest BCUT2D eigenvalue weighted by Crippen LogP contribution is 2.36. The molecule has 0 rings (SSSR count). The first-order chi connectivity index (χ1) is 9.71. The van der Waals surface area contributed by atoms with Crippen LogP contribution in [0.25, 0.3) is 0 Å². The standard InChI is InChI=1S/C17H35NO3Si/c1-11-12-18(15(19)21-16(3,4)5)14(2)13-20-22(9,10)17(6,7)8/h11,14H,1,12-13H2,2-10H3/t14-/m1/s1. The second-order valence-electron chi connectivity index (χ2n) is 8.34. The maximum Gasteiger partial charge on any atom is 0.410 e. The number of nitrogens with zero attached hydrogens (tertiary/aromatic N) is 1. The zero-order valence-corrected chi connectivity index (χ0v) is 16.9. The number of hydrogen-bond acceptors (Lipinski definition) is 3. The molecule has 22 heavy (non-hydrogen) atoms. The summed E-state index contributed by atoms with van der Waals surface area (Å²) in [5, 5.41) is 0.155. The van der Waals surface area contributed by atoms with Crippen LogP contribution in [-0.2, 0) is 9.16 Å². The first-order valence-electron chi connectivity index (χ1n) is 7.96. The SMILES string of the molecule is C=CCN(C(=O)OC(C)(C)C)[C@H](C)CO[Si](C)(C)C(C)(C)C. The number of carbonyl (C=O) groups is 1. The van der Waals surface area contributed by atoms with Crippen molar-refractivity contribution in [2.75, 3.05) is 13.2 Å². The fourth-order valence-electron chi connectivity index (χ4n) is 1.53. The van der Waals surface area contributed by atoms with Crippen molar-refractivity contribution in [3.8, 4) is 0 Å². The molecule has 0 saturated carbocycles. The second kappa shape index (κ2) is 7.64. The molecule has 0 aliphatic carbocycles. The van der Waals surface area contributed by atoms with Crippen LogP contribution >= 0.6 is 0 Å². The normalized spacial score (nSPS) is 14.4. The van der Waals surface area contributed by atoms with Crippen molar-refractivity contribution in [2.24, 2.45) is 0 Å². The number of amides is 1. The maximum absolute atomic E-state index is 12.3. The highest BCUT2D eigenvalue weighted by atomic mass is 28.4. The molecule has 0 heterocycles. The number of rotatable bonds is 6. The van der Waals surface area contributed by atoms with Gasteiger partial charge in [0.25, 0.3) is 0 Å². The molecule has 0 saturated heterocycles. The van der Waals surface area contributed by atoms with Gasteiger partial charge in [-0.3, -0.25) is 4.90 Å². The van der Waals surface area contributed by atoms with Crippen LogP contribution in [0.4, 0.5) is 4.79 Å². The Balaban J connectivity index is 4.84. The van der Waals surface area contributed by atoms with Gasteiger partial charge in [0.15, 0.2) is 8.32 Å². The minimum absolute atomic E-state index is 0.0537. The zero-order valence-electron chi connectivity index (χ0n) is 15.9. The summed E-state index contributed by atoms with van der Waals surface area (Å²) in [5.74, 6) is 0. The Kier molecular flexibility index (Phi) is 7.36. The second-order valence-corrected chi connectivity index (χ2v) is 13.2. The van der Waals surface area contributed by atoms with Gasteiger partial charge in [-0.25, -0.2) is 4.79 Å². The van der Waals surface area contributed by atoms with E-state index in [1.54, 1.807) is 11.0 Å². The third-order valence-corrected chi connectivity index (χ3v) is 8.48. The summed E-state index contributed by atoms with van der Waals surface area (Å²) in [6.07, 6.45) is 1.39. The summed E-state index contributed by atoms with van der Waals surface area (Å²) in [7, 11) is -1.82. The van der Waals surface area contributed by atoms with Crippen LogP contribution in [0.1, 0.15) is 48.5 Å². The monoisotopic (exact) mass is 329 g/mol. The molecule has 5 heteroatoms. The minimum Gasteiger partial charge on any atom is -0.444 e. The van der Waals surface area contributed by atoms with E-state index in [4.69, 9.17) is 9.16 Å². The third kappa shape index (κ3) is 6.96. The van der Waals surface area contributed by atoms with Crippen LogP contribution in [0.3, 0.4) is 0 Å². The molecule has 130 valence electrons. The van der Waals surface area contributed by atoms with E-state index in [9.17, 15) is 4.79 Å². The predicted molar refractivity (Wildman–Crippen MR) is 95.7 cm³/mol. The summed E-state index contributed by atoms with van der Waals surface area (Å²) >= 11 is 0. The van der Waals surface area contributed by atoms with Crippen LogP contribution in [-0.4, -0.2) is 44.1 Å². The van der Waals surface area contributed by atoms with Gasteiger partial charge in [-0.05, 0) is 45.8 Å². The van der Waals surface area contributed by atoms with Crippen molar-refractivity contribution in [1.29, 1.82) is 0 Å². The quantitative estimate of drug-likeness (QED) is 0.518. The molecule has 1 atom stereocenters. The molecule has 1 amide bonds. The zero-order chi connectivity index (χ0) is 17.8. The highest BCUT2D eigenvalue weighted by Gasteiger charge is 2.38. The summed E-state index contributed by atoms with van der Waals surface area (Å²) < 4.78 is 11.7. The molecular weight excluding hydrogens is 294 g/mol. The highest BCUT2D eigenvalue weighted by molar-refractivity contribution is 6.74. The lowest BCUT2D eigenvalue weighted by molar-refractivity contribution is 0.0152. The molecule has 0 fully saturated rings. The Morgan fingerprint density at radius 2 is 1.73 bits per heavy atom. The Morgan fingerprint density at radius 3 is 2.09 bits per heavy atom. The van der Waals surface area contributed by atoms with Crippen molar-refractivity contribution in [3.05, 3.63) is 12.7 Å². The number of ether oxygens (including phenoxy) is 1. The first-order valence-corrected chi connectivity index (χ1v) is 10.9. The average Bonchev–Trinajstić information content (AvgIpc) is 2.29. The lowest BCUT2D eigenvalue weighted by atomic mass is 10.2. The van der Waals surface area contributed by atoms with Gasteiger partial charge in [0.2, 0.25) is 0 Å². The van der Waals surface area contributed by atoms with E-state index in [0.717, 1.165) is 0 Å². The Bertz CT molecular complexity index is 380. The van der Waals surface area contributed by atoms with Gasteiger partial charge in [0.1, 0.15) is 5.60 Å². The molecule has 0 aromatic rings. The third-order valence-electron chi connectivity index (χ3n) is 3.98. The van der Waals surface area contributed by atoms with Crippen LogP contribution in [0, 0.1) is 0 Å². The largest absolute Gasteiger partial charge is 0.444 e. The van der Waals surface area contributed by atoms with Crippen molar-refractivity contribution in [2.45, 2.75) is 78.2 Å². The maximum atomic E-state index is 12.3. The minimum atomic E-state index is -1.82. The smallest absolute Gasteiger partial charge is 0.410 e. The predicted octanol–water partition coefficient (Wildman–Crippen LogP) is 4.82. The summed E-state index contributed by atoms with van der Waals surface area (Å²) in [6.45, 7) is 23.3. The summed E-state index contributed by atoms with van der Waals surface area (Å²) in [6, 6.07) is -0.0537. The van der Waals surface area contributed by atoms with Crippen molar-refractivity contribution in [1.82, 2.24) is 4.90 Å². The fourth-order valence-corrected chi connectivity index (χ4v) is 2.62. The molecule has 0 unspecified atom stereocenters. The van der Waals surface area contributed by atoms with Crippen LogP contribution < -0.4 is 0 Å². The molecule has 0 aliphatic heterocycles. The summed E-state index contributed by atoms with van der Waals surface area (Å²) in [5.41, 5.74) is -0.503. The van der Waals surface area contributed by atoms with Gasteiger partial charge in [-0.15, -0.1) is 6.58 Å². The average molecular weight is 330 g/mol. The lowest BCUT2D eigenvalue weighted by Gasteiger charge is -2.38. The van der Waals surface area contributed by atoms with Gasteiger partial charge >= 0.3 is 6.09 Å². The van der Waals surface area contributed by atoms with Crippen molar-refractivity contribution < 1.29 is 14.0 Å². The van der Waals surface area contributed by atoms with E-state index in [2.05, 4.69) is 40.4 Å². The molecule has 0 spiro atoms. The molecule has 4 nitrogen and oxygen atoms in total. The van der Waals surface area contributed by atoms with E-state index >= 15 is 0 Å². The van der Waals surface area contributed by atoms with Crippen molar-refractivity contribution >= 4 is 14.4 Å². The van der Waals surface area contributed by atoms with Crippen LogP contribution in [0.15, 0.2) is 12.7 Å². The van der Waals surface area contributed by atoms with Gasteiger partial charge in [-0.1, -0.05) is 26.8 Å². The van der Waals surface area contributed by atoms with Crippen LogP contribution in [0.2, 0.25) is 18.1 Å². The molecule has 0 radical (unpaired) electrons. The van der Waals surface area contributed by atoms with Gasteiger partial charge in [0.05, 0.1) is 12.6 Å². The number of carbonyl (C=O) groups excluding carboxylic acids is 1. The molecule has 0 aliphatic rings. The van der Waals surface area contributed by atoms with Gasteiger partial charge in [0, 0.05) is 6.54 Å². The van der Waals surface area contributed by atoms with E-state index in [1.165, 1.54) is 0 Å². The fraction of sp³-hybridized carbons (Fsp3) is 0.824. The molecule has 0 aromatic carbocycles. The molecule has 0 N–H and O–H groups in total. The topological polar surface area (TPSA) is 38.8 Å². The first kappa shape index (κ1) is 21.2. The van der Waals surface area contributed by atoms with Crippen molar-refractivity contribution in [3.63, 3.8) is 0 Å².